The van der Waals surface area contributed by atoms with E-state index in [2.05, 4.69) is 29.1 Å². The van der Waals surface area contributed by atoms with Gasteiger partial charge >= 0.3 is 5.97 Å². The fourth-order valence-corrected chi connectivity index (χ4v) is 4.19. The molecule has 0 unspecified atom stereocenters. The van der Waals surface area contributed by atoms with Gasteiger partial charge < -0.3 is 24.6 Å². The van der Waals surface area contributed by atoms with Crippen LogP contribution in [-0.4, -0.2) is 47.9 Å². The molecule has 184 valence electrons. The molecule has 1 aliphatic heterocycles. The Balaban J connectivity index is 1.47. The van der Waals surface area contributed by atoms with Crippen molar-refractivity contribution >= 4 is 11.8 Å². The molecule has 0 saturated heterocycles. The first kappa shape index (κ1) is 24.3. The van der Waals surface area contributed by atoms with Gasteiger partial charge in [-0.25, -0.2) is 9.97 Å². The molecular weight excluding hydrogens is 446 g/mol. The molecule has 0 fully saturated rings. The highest BCUT2D eigenvalue weighted by molar-refractivity contribution is 5.72. The highest BCUT2D eigenvalue weighted by atomic mass is 16.6. The smallest absolute Gasteiger partial charge is 0.307 e. The zero-order chi connectivity index (χ0) is 24.8. The zero-order valence-electron chi connectivity index (χ0n) is 20.3. The standard InChI is InChI=1S/C27H31N3O5/c1-17(2)10-21-11-19(5-4-18(21)13-27(31)32)22-14-26(30-16-29-22)28-7-6-20-12-24-25(15-23(20)33-3)35-9-8-34-24/h4-5,11-12,14-17H,6-10,13H2,1-3H3,(H,31,32)(H,28,29,30). The highest BCUT2D eigenvalue weighted by Gasteiger charge is 2.16. The van der Waals surface area contributed by atoms with E-state index >= 15 is 0 Å². The Hall–Kier alpha value is -3.81. The lowest BCUT2D eigenvalue weighted by Crippen LogP contribution is -2.16. The largest absolute Gasteiger partial charge is 0.496 e. The summed E-state index contributed by atoms with van der Waals surface area (Å²) in [6.45, 7) is 5.97. The second kappa shape index (κ2) is 11.1. The Kier molecular flexibility index (Phi) is 7.70. The van der Waals surface area contributed by atoms with E-state index in [4.69, 9.17) is 14.2 Å². The van der Waals surface area contributed by atoms with E-state index in [1.165, 1.54) is 6.33 Å². The molecule has 1 aliphatic rings. The molecule has 0 spiro atoms. The maximum atomic E-state index is 11.3. The maximum Gasteiger partial charge on any atom is 0.307 e. The van der Waals surface area contributed by atoms with Crippen LogP contribution in [0.2, 0.25) is 0 Å². The van der Waals surface area contributed by atoms with Crippen molar-refractivity contribution in [2.24, 2.45) is 5.92 Å². The number of rotatable bonds is 10. The number of nitrogens with one attached hydrogen (secondary N) is 1. The van der Waals surface area contributed by atoms with Crippen LogP contribution in [0, 0.1) is 5.92 Å². The van der Waals surface area contributed by atoms with Gasteiger partial charge in [0.1, 0.15) is 31.1 Å². The van der Waals surface area contributed by atoms with Crippen molar-refractivity contribution in [3.8, 4) is 28.5 Å². The Labute approximate surface area is 205 Å². The number of benzene rings is 2. The van der Waals surface area contributed by atoms with Crippen LogP contribution in [0.4, 0.5) is 5.82 Å². The number of ether oxygens (including phenoxy) is 3. The van der Waals surface area contributed by atoms with Gasteiger partial charge in [-0.15, -0.1) is 0 Å². The summed E-state index contributed by atoms with van der Waals surface area (Å²) >= 11 is 0. The van der Waals surface area contributed by atoms with Crippen LogP contribution in [0.1, 0.15) is 30.5 Å². The van der Waals surface area contributed by atoms with E-state index in [1.807, 2.05) is 36.4 Å². The summed E-state index contributed by atoms with van der Waals surface area (Å²) in [5.74, 6) is 2.50. The number of nitrogens with zero attached hydrogens (tertiary/aromatic N) is 2. The lowest BCUT2D eigenvalue weighted by atomic mass is 9.93. The Morgan fingerprint density at radius 1 is 1.06 bits per heavy atom. The fraction of sp³-hybridized carbons (Fsp3) is 0.370. The van der Waals surface area contributed by atoms with Gasteiger partial charge in [-0.1, -0.05) is 26.0 Å². The van der Waals surface area contributed by atoms with Crippen LogP contribution >= 0.6 is 0 Å². The first-order valence-electron chi connectivity index (χ1n) is 11.8. The molecule has 35 heavy (non-hydrogen) atoms. The van der Waals surface area contributed by atoms with E-state index in [1.54, 1.807) is 7.11 Å². The molecule has 2 aromatic carbocycles. The molecule has 2 heterocycles. The number of carbonyl (C=O) groups is 1. The molecule has 3 aromatic rings. The average molecular weight is 478 g/mol. The van der Waals surface area contributed by atoms with Crippen LogP contribution in [0.15, 0.2) is 42.7 Å². The SMILES string of the molecule is COc1cc2c(cc1CCNc1cc(-c3ccc(CC(=O)O)c(CC(C)C)c3)ncn1)OCCO2. The zero-order valence-corrected chi connectivity index (χ0v) is 20.3. The predicted octanol–water partition coefficient (Wildman–Crippen LogP) is 4.40. The second-order valence-corrected chi connectivity index (χ2v) is 8.92. The molecule has 0 radical (unpaired) electrons. The molecule has 0 aliphatic carbocycles. The first-order valence-corrected chi connectivity index (χ1v) is 11.8. The number of carboxylic acid groups (broad SMARTS) is 1. The van der Waals surface area contributed by atoms with Crippen molar-refractivity contribution in [3.05, 3.63) is 59.4 Å². The Morgan fingerprint density at radius 3 is 2.54 bits per heavy atom. The molecule has 0 bridgehead atoms. The van der Waals surface area contributed by atoms with Gasteiger partial charge in [0.2, 0.25) is 0 Å². The van der Waals surface area contributed by atoms with Gasteiger partial charge in [0.15, 0.2) is 11.5 Å². The van der Waals surface area contributed by atoms with Crippen molar-refractivity contribution in [1.82, 2.24) is 9.97 Å². The first-order chi connectivity index (χ1) is 16.9. The number of hydrogen-bond acceptors (Lipinski definition) is 7. The minimum Gasteiger partial charge on any atom is -0.496 e. The summed E-state index contributed by atoms with van der Waals surface area (Å²) in [5.41, 5.74) is 4.63. The lowest BCUT2D eigenvalue weighted by Gasteiger charge is -2.20. The number of aliphatic carboxylic acids is 1. The summed E-state index contributed by atoms with van der Waals surface area (Å²) in [5, 5.41) is 12.6. The topological polar surface area (TPSA) is 103 Å². The van der Waals surface area contributed by atoms with E-state index in [0.717, 1.165) is 45.9 Å². The summed E-state index contributed by atoms with van der Waals surface area (Å²) in [4.78, 5) is 20.1. The molecule has 0 amide bonds. The molecule has 0 atom stereocenters. The van der Waals surface area contributed by atoms with Gasteiger partial charge in [-0.05, 0) is 47.6 Å². The molecule has 0 saturated carbocycles. The van der Waals surface area contributed by atoms with Gasteiger partial charge in [-0.3, -0.25) is 4.79 Å². The molecular formula is C27H31N3O5. The number of aromatic nitrogens is 2. The second-order valence-electron chi connectivity index (χ2n) is 8.92. The monoisotopic (exact) mass is 477 g/mol. The summed E-state index contributed by atoms with van der Waals surface area (Å²) in [7, 11) is 1.65. The Morgan fingerprint density at radius 2 is 1.83 bits per heavy atom. The van der Waals surface area contributed by atoms with E-state index in [9.17, 15) is 9.90 Å². The van der Waals surface area contributed by atoms with Crippen molar-refractivity contribution in [2.45, 2.75) is 33.1 Å². The number of hydrogen-bond donors (Lipinski definition) is 2. The minimum atomic E-state index is -0.828. The van der Waals surface area contributed by atoms with Crippen molar-refractivity contribution in [3.63, 3.8) is 0 Å². The third kappa shape index (κ3) is 6.20. The quantitative estimate of drug-likeness (QED) is 0.443. The van der Waals surface area contributed by atoms with Crippen LogP contribution in [0.5, 0.6) is 17.2 Å². The third-order valence-corrected chi connectivity index (χ3v) is 5.78. The van der Waals surface area contributed by atoms with E-state index < -0.39 is 5.97 Å². The number of methoxy groups -OCH3 is 1. The van der Waals surface area contributed by atoms with Crippen molar-refractivity contribution < 1.29 is 24.1 Å². The van der Waals surface area contributed by atoms with Crippen LogP contribution in [0.3, 0.4) is 0 Å². The molecule has 4 rings (SSSR count). The maximum absolute atomic E-state index is 11.3. The average Bonchev–Trinajstić information content (AvgIpc) is 2.84. The van der Waals surface area contributed by atoms with E-state index in [-0.39, 0.29) is 6.42 Å². The molecule has 2 N–H and O–H groups in total. The minimum absolute atomic E-state index is 0.0161. The number of carboxylic acids is 1. The number of fused-ring (bicyclic) bond motifs is 1. The molecule has 1 aromatic heterocycles. The van der Waals surface area contributed by atoms with Gasteiger partial charge in [0.25, 0.3) is 0 Å². The van der Waals surface area contributed by atoms with Gasteiger partial charge in [0, 0.05) is 24.2 Å². The summed E-state index contributed by atoms with van der Waals surface area (Å²) < 4.78 is 16.9. The van der Waals surface area contributed by atoms with Crippen LogP contribution < -0.4 is 19.5 Å². The number of anilines is 1. The summed E-state index contributed by atoms with van der Waals surface area (Å²) in [6, 6.07) is 11.6. The third-order valence-electron chi connectivity index (χ3n) is 5.78. The lowest BCUT2D eigenvalue weighted by molar-refractivity contribution is -0.136. The predicted molar refractivity (Wildman–Crippen MR) is 134 cm³/mol. The molecule has 8 heteroatoms. The normalized spacial score (nSPS) is 12.5. The van der Waals surface area contributed by atoms with Crippen molar-refractivity contribution in [2.75, 3.05) is 32.2 Å². The summed E-state index contributed by atoms with van der Waals surface area (Å²) in [6.07, 6.45) is 3.07. The van der Waals surface area contributed by atoms with Crippen LogP contribution in [0.25, 0.3) is 11.3 Å². The highest BCUT2D eigenvalue weighted by Crippen LogP contribution is 2.37. The van der Waals surface area contributed by atoms with Gasteiger partial charge in [-0.2, -0.15) is 0 Å². The van der Waals surface area contributed by atoms with Crippen LogP contribution in [-0.2, 0) is 24.1 Å². The molecule has 8 nitrogen and oxygen atoms in total. The van der Waals surface area contributed by atoms with E-state index in [0.29, 0.717) is 43.7 Å². The Bertz CT molecular complexity index is 1200. The van der Waals surface area contributed by atoms with Gasteiger partial charge in [0.05, 0.1) is 19.2 Å². The fourth-order valence-electron chi connectivity index (χ4n) is 4.19. The van der Waals surface area contributed by atoms with Crippen molar-refractivity contribution in [1.29, 1.82) is 0 Å².